The van der Waals surface area contributed by atoms with E-state index in [9.17, 15) is 4.79 Å². The van der Waals surface area contributed by atoms with E-state index in [4.69, 9.17) is 4.74 Å². The summed E-state index contributed by atoms with van der Waals surface area (Å²) in [6.45, 7) is 4.08. The van der Waals surface area contributed by atoms with Crippen LogP contribution in [0.2, 0.25) is 0 Å². The fraction of sp³-hybridized carbons (Fsp3) is 0.0833. The number of fused-ring (bicyclic) bond motifs is 3. The summed E-state index contributed by atoms with van der Waals surface area (Å²) in [4.78, 5) is 24.9. The second kappa shape index (κ2) is 8.60. The number of esters is 1. The molecule has 4 heterocycles. The fourth-order valence-electron chi connectivity index (χ4n) is 6.77. The van der Waals surface area contributed by atoms with E-state index < -0.39 is 5.60 Å². The van der Waals surface area contributed by atoms with Crippen LogP contribution in [0.1, 0.15) is 28.1 Å². The number of rotatable bonds is 4. The molecule has 0 bridgehead atoms. The van der Waals surface area contributed by atoms with Gasteiger partial charge in [0.05, 0.1) is 11.3 Å². The van der Waals surface area contributed by atoms with Crippen LogP contribution in [-0.4, -0.2) is 20.9 Å². The van der Waals surface area contributed by atoms with Crippen molar-refractivity contribution in [1.29, 1.82) is 0 Å². The molecule has 0 saturated heterocycles. The predicted molar refractivity (Wildman–Crippen MR) is 165 cm³/mol. The SMILES string of the molecule is Cc1[nH]c2ccccc2c1C1=CC(c2c(C)[nH]c3ccccc23)(c2c(-c3ccccc3)[nH]c3ccccc23)OC1=O. The van der Waals surface area contributed by atoms with E-state index in [0.29, 0.717) is 5.57 Å². The molecule has 5 heteroatoms. The van der Waals surface area contributed by atoms with Gasteiger partial charge in [0.25, 0.3) is 0 Å². The van der Waals surface area contributed by atoms with Crippen molar-refractivity contribution in [1.82, 2.24) is 15.0 Å². The Labute approximate surface area is 236 Å². The standard InChI is InChI=1S/C36H27N3O2/c1-21-31(24-14-6-9-17-28(24)37-21)27-20-36(41-35(27)40,32-22(2)38-29-18-10-7-15-25(29)32)33-26-16-8-11-19-30(26)39-34(33)23-12-4-3-5-13-23/h3-20,37-39H,1-2H3. The van der Waals surface area contributed by atoms with Crippen LogP contribution in [0, 0.1) is 13.8 Å². The van der Waals surface area contributed by atoms with Gasteiger partial charge in [-0.15, -0.1) is 0 Å². The van der Waals surface area contributed by atoms with Crippen LogP contribution in [-0.2, 0) is 15.1 Å². The topological polar surface area (TPSA) is 73.7 Å². The highest BCUT2D eigenvalue weighted by molar-refractivity contribution is 6.23. The lowest BCUT2D eigenvalue weighted by molar-refractivity contribution is -0.142. The number of aryl methyl sites for hydroxylation is 2. The summed E-state index contributed by atoms with van der Waals surface area (Å²) in [5, 5.41) is 3.04. The quantitative estimate of drug-likeness (QED) is 0.199. The Morgan fingerprint density at radius 1 is 0.585 bits per heavy atom. The van der Waals surface area contributed by atoms with Crippen LogP contribution in [0.15, 0.2) is 109 Å². The van der Waals surface area contributed by atoms with Gasteiger partial charge in [0.1, 0.15) is 0 Å². The molecule has 1 aliphatic heterocycles. The van der Waals surface area contributed by atoms with Crippen molar-refractivity contribution in [2.24, 2.45) is 0 Å². The average molecular weight is 534 g/mol. The third kappa shape index (κ3) is 3.32. The number of ether oxygens (including phenoxy) is 1. The Morgan fingerprint density at radius 3 is 1.83 bits per heavy atom. The van der Waals surface area contributed by atoms with Crippen LogP contribution in [0.5, 0.6) is 0 Å². The molecule has 0 amide bonds. The van der Waals surface area contributed by atoms with Gasteiger partial charge < -0.3 is 19.7 Å². The molecule has 3 aromatic heterocycles. The molecule has 0 radical (unpaired) electrons. The highest BCUT2D eigenvalue weighted by atomic mass is 16.6. The van der Waals surface area contributed by atoms with Gasteiger partial charge in [-0.25, -0.2) is 4.79 Å². The van der Waals surface area contributed by atoms with Gasteiger partial charge in [0.15, 0.2) is 5.60 Å². The number of nitrogens with one attached hydrogen (secondary N) is 3. The fourth-order valence-corrected chi connectivity index (χ4v) is 6.77. The molecule has 8 rings (SSSR count). The molecular weight excluding hydrogens is 506 g/mol. The second-order valence-electron chi connectivity index (χ2n) is 10.8. The number of carbonyl (C=O) groups excluding carboxylic acids is 1. The van der Waals surface area contributed by atoms with Crippen LogP contribution in [0.4, 0.5) is 0 Å². The first-order chi connectivity index (χ1) is 20.0. The van der Waals surface area contributed by atoms with E-state index >= 15 is 0 Å². The molecule has 1 aliphatic rings. The molecule has 4 aromatic carbocycles. The molecule has 0 saturated carbocycles. The normalized spacial score (nSPS) is 17.0. The maximum atomic E-state index is 14.2. The first-order valence-electron chi connectivity index (χ1n) is 13.8. The number of cyclic esters (lactones) is 1. The first-order valence-corrected chi connectivity index (χ1v) is 13.8. The molecule has 1 atom stereocenters. The molecule has 7 aromatic rings. The predicted octanol–water partition coefficient (Wildman–Crippen LogP) is 8.30. The summed E-state index contributed by atoms with van der Waals surface area (Å²) in [6, 6.07) is 34.8. The van der Waals surface area contributed by atoms with Crippen molar-refractivity contribution in [3.8, 4) is 11.3 Å². The number of aromatic amines is 3. The molecule has 41 heavy (non-hydrogen) atoms. The van der Waals surface area contributed by atoms with Gasteiger partial charge >= 0.3 is 5.97 Å². The third-order valence-corrected chi connectivity index (χ3v) is 8.39. The number of carbonyl (C=O) groups is 1. The molecule has 198 valence electrons. The highest BCUT2D eigenvalue weighted by Gasteiger charge is 2.49. The van der Waals surface area contributed by atoms with E-state index in [1.807, 2.05) is 67.6 Å². The molecule has 0 fully saturated rings. The lowest BCUT2D eigenvalue weighted by Crippen LogP contribution is -2.28. The molecule has 0 spiro atoms. The van der Waals surface area contributed by atoms with Gasteiger partial charge in [-0.05, 0) is 43.7 Å². The van der Waals surface area contributed by atoms with E-state index in [1.54, 1.807) is 0 Å². The zero-order valence-electron chi connectivity index (χ0n) is 22.7. The van der Waals surface area contributed by atoms with E-state index in [2.05, 4.69) is 70.4 Å². The number of hydrogen-bond acceptors (Lipinski definition) is 2. The number of aromatic nitrogens is 3. The lowest BCUT2D eigenvalue weighted by Gasteiger charge is -2.29. The Morgan fingerprint density at radius 2 is 1.12 bits per heavy atom. The van der Waals surface area contributed by atoms with Gasteiger partial charge in [-0.2, -0.15) is 0 Å². The monoisotopic (exact) mass is 533 g/mol. The number of H-pyrrole nitrogens is 3. The van der Waals surface area contributed by atoms with Crippen molar-refractivity contribution in [3.05, 3.63) is 137 Å². The Balaban J connectivity index is 1.53. The summed E-state index contributed by atoms with van der Waals surface area (Å²) in [5.41, 5.74) is 8.94. The van der Waals surface area contributed by atoms with Gasteiger partial charge in [0.2, 0.25) is 0 Å². The van der Waals surface area contributed by atoms with Crippen LogP contribution in [0.25, 0.3) is 49.5 Å². The molecule has 5 nitrogen and oxygen atoms in total. The highest BCUT2D eigenvalue weighted by Crippen LogP contribution is 2.52. The lowest BCUT2D eigenvalue weighted by atomic mass is 9.80. The summed E-state index contributed by atoms with van der Waals surface area (Å²) in [6.07, 6.45) is 2.06. The summed E-state index contributed by atoms with van der Waals surface area (Å²) in [5.74, 6) is -0.341. The average Bonchev–Trinajstić information content (AvgIpc) is 3.72. The molecular formula is C36H27N3O2. The first kappa shape index (κ1) is 23.6. The van der Waals surface area contributed by atoms with E-state index in [-0.39, 0.29) is 5.97 Å². The van der Waals surface area contributed by atoms with Crippen molar-refractivity contribution in [3.63, 3.8) is 0 Å². The third-order valence-electron chi connectivity index (χ3n) is 8.39. The minimum Gasteiger partial charge on any atom is -0.441 e. The number of benzene rings is 4. The molecule has 0 aliphatic carbocycles. The minimum atomic E-state index is -1.19. The van der Waals surface area contributed by atoms with Crippen LogP contribution in [0.3, 0.4) is 0 Å². The van der Waals surface area contributed by atoms with Crippen LogP contribution < -0.4 is 0 Å². The zero-order chi connectivity index (χ0) is 27.7. The number of para-hydroxylation sites is 3. The maximum Gasteiger partial charge on any atom is 0.340 e. The van der Waals surface area contributed by atoms with Crippen LogP contribution >= 0.6 is 0 Å². The molecule has 3 N–H and O–H groups in total. The Hall–Kier alpha value is -5.29. The Kier molecular flexibility index (Phi) is 4.95. The Bertz CT molecular complexity index is 2180. The molecule has 1 unspecified atom stereocenters. The van der Waals surface area contributed by atoms with Crippen molar-refractivity contribution >= 4 is 44.3 Å². The van der Waals surface area contributed by atoms with Crippen molar-refractivity contribution in [2.75, 3.05) is 0 Å². The van der Waals surface area contributed by atoms with Gasteiger partial charge in [-0.3, -0.25) is 0 Å². The maximum absolute atomic E-state index is 14.2. The van der Waals surface area contributed by atoms with E-state index in [0.717, 1.165) is 72.0 Å². The smallest absolute Gasteiger partial charge is 0.340 e. The van der Waals surface area contributed by atoms with E-state index in [1.165, 1.54) is 0 Å². The van der Waals surface area contributed by atoms with Gasteiger partial charge in [-0.1, -0.05) is 84.9 Å². The second-order valence-corrected chi connectivity index (χ2v) is 10.8. The zero-order valence-corrected chi connectivity index (χ0v) is 22.7. The number of hydrogen-bond donors (Lipinski definition) is 3. The van der Waals surface area contributed by atoms with Gasteiger partial charge in [0, 0.05) is 60.8 Å². The van der Waals surface area contributed by atoms with Crippen molar-refractivity contribution < 1.29 is 9.53 Å². The van der Waals surface area contributed by atoms with Crippen molar-refractivity contribution in [2.45, 2.75) is 19.4 Å². The largest absolute Gasteiger partial charge is 0.441 e. The summed E-state index contributed by atoms with van der Waals surface area (Å²) >= 11 is 0. The summed E-state index contributed by atoms with van der Waals surface area (Å²) < 4.78 is 6.75. The summed E-state index contributed by atoms with van der Waals surface area (Å²) in [7, 11) is 0. The minimum absolute atomic E-state index is 0.341.